The first-order valence-corrected chi connectivity index (χ1v) is 14.5. The summed E-state index contributed by atoms with van der Waals surface area (Å²) in [6.45, 7) is 11.7. The Labute approximate surface area is 241 Å². The number of hydrogen-bond donors (Lipinski definition) is 2. The van der Waals surface area contributed by atoms with Gasteiger partial charge in [0, 0.05) is 37.0 Å². The Morgan fingerprint density at radius 3 is 2.56 bits per heavy atom. The monoisotopic (exact) mass is 560 g/mol. The number of hydrogen-bond acceptors (Lipinski definition) is 7. The van der Waals surface area contributed by atoms with Crippen LogP contribution in [0, 0.1) is 39.9 Å². The molecule has 41 heavy (non-hydrogen) atoms. The second-order valence-electron chi connectivity index (χ2n) is 13.4. The fourth-order valence-electron chi connectivity index (χ4n) is 6.71. The van der Waals surface area contributed by atoms with Crippen LogP contribution in [0.2, 0.25) is 0 Å². The van der Waals surface area contributed by atoms with Crippen LogP contribution in [0.25, 0.3) is 10.8 Å². The molecule has 0 bridgehead atoms. The molecular weight excluding hydrogens is 520 g/mol. The third kappa shape index (κ3) is 5.65. The molecule has 2 unspecified atom stereocenters. The third-order valence-electron chi connectivity index (χ3n) is 9.28. The lowest BCUT2D eigenvalue weighted by Crippen LogP contribution is -2.59. The zero-order valence-electron chi connectivity index (χ0n) is 24.5. The summed E-state index contributed by atoms with van der Waals surface area (Å²) in [5, 5.41) is 25.7. The number of ether oxygens (including phenoxy) is 1. The van der Waals surface area contributed by atoms with Crippen molar-refractivity contribution in [1.29, 1.82) is 5.26 Å². The van der Waals surface area contributed by atoms with Crippen LogP contribution in [0.3, 0.4) is 0 Å². The highest BCUT2D eigenvalue weighted by Gasteiger charge is 2.69. The summed E-state index contributed by atoms with van der Waals surface area (Å²) in [4.78, 5) is 42.8. The summed E-state index contributed by atoms with van der Waals surface area (Å²) in [6.07, 6.45) is 3.62. The number of amides is 3. The Morgan fingerprint density at radius 1 is 1.17 bits per heavy atom. The molecular formula is C31H40N6O4. The number of rotatable bonds is 7. The maximum atomic E-state index is 14.1. The first kappa shape index (κ1) is 28.9. The van der Waals surface area contributed by atoms with E-state index >= 15 is 0 Å². The topological polar surface area (TPSA) is 137 Å². The van der Waals surface area contributed by atoms with Gasteiger partial charge in [0.2, 0.25) is 17.7 Å². The Balaban J connectivity index is 1.36. The van der Waals surface area contributed by atoms with E-state index in [-0.39, 0.29) is 40.9 Å². The van der Waals surface area contributed by atoms with Crippen molar-refractivity contribution in [2.75, 3.05) is 19.8 Å². The fourth-order valence-corrected chi connectivity index (χ4v) is 6.71. The van der Waals surface area contributed by atoms with E-state index in [0.717, 1.165) is 23.6 Å². The minimum Gasteiger partial charge on any atom is -0.381 e. The predicted molar refractivity (Wildman–Crippen MR) is 152 cm³/mol. The second kappa shape index (κ2) is 11.0. The van der Waals surface area contributed by atoms with Crippen molar-refractivity contribution in [2.24, 2.45) is 28.6 Å². The van der Waals surface area contributed by atoms with Gasteiger partial charge in [-0.25, -0.2) is 0 Å². The Hall–Kier alpha value is -3.58. The molecule has 2 saturated heterocycles. The van der Waals surface area contributed by atoms with Gasteiger partial charge in [0.25, 0.3) is 0 Å². The van der Waals surface area contributed by atoms with Gasteiger partial charge in [-0.2, -0.15) is 15.5 Å². The number of likely N-dealkylation sites (tertiary alicyclic amines) is 1. The summed E-state index contributed by atoms with van der Waals surface area (Å²) in [6, 6.07) is 7.04. The van der Waals surface area contributed by atoms with Gasteiger partial charge < -0.3 is 20.3 Å². The number of nitrogens with zero attached hydrogens (tertiary/aromatic N) is 4. The van der Waals surface area contributed by atoms with Crippen molar-refractivity contribution in [1.82, 2.24) is 25.7 Å². The molecule has 1 saturated carbocycles. The average molecular weight is 561 g/mol. The highest BCUT2D eigenvalue weighted by Crippen LogP contribution is 2.65. The average Bonchev–Trinajstić information content (AvgIpc) is 3.26. The molecule has 0 radical (unpaired) electrons. The van der Waals surface area contributed by atoms with Crippen molar-refractivity contribution < 1.29 is 19.1 Å². The molecule has 1 aliphatic carbocycles. The lowest BCUT2D eigenvalue weighted by Gasteiger charge is -2.38. The maximum Gasteiger partial charge on any atom is 0.246 e. The van der Waals surface area contributed by atoms with E-state index in [1.807, 2.05) is 45.0 Å². The largest absolute Gasteiger partial charge is 0.381 e. The highest BCUT2D eigenvalue weighted by molar-refractivity contribution is 5.94. The molecule has 0 spiro atoms. The molecule has 2 N–H and O–H groups in total. The molecule has 10 heteroatoms. The molecule has 2 aromatic rings. The number of fused-ring (bicyclic) bond motifs is 2. The number of nitriles is 1. The van der Waals surface area contributed by atoms with Crippen LogP contribution < -0.4 is 10.6 Å². The smallest absolute Gasteiger partial charge is 0.246 e. The number of carbonyl (C=O) groups is 3. The molecule has 3 aliphatic rings. The van der Waals surface area contributed by atoms with Crippen molar-refractivity contribution in [3.63, 3.8) is 0 Å². The molecule has 3 fully saturated rings. The third-order valence-corrected chi connectivity index (χ3v) is 9.28. The van der Waals surface area contributed by atoms with E-state index in [4.69, 9.17) is 4.74 Å². The molecule has 1 aromatic carbocycles. The summed E-state index contributed by atoms with van der Waals surface area (Å²) in [7, 11) is 0. The zero-order chi connectivity index (χ0) is 29.5. The number of benzene rings is 1. The van der Waals surface area contributed by atoms with Crippen LogP contribution in [-0.2, 0) is 19.1 Å². The Morgan fingerprint density at radius 2 is 1.88 bits per heavy atom. The molecule has 2 aliphatic heterocycles. The molecule has 5 atom stereocenters. The SMILES string of the molecule is CC(C)(C)C(NC(=O)CC1CCOCC1)C(=O)N1C[C@H]2[C@@H]([C@H]1C(=O)NC(C#N)c1nncc3ccccc13)C2(C)C. The lowest BCUT2D eigenvalue weighted by molar-refractivity contribution is -0.145. The Bertz CT molecular complexity index is 1370. The van der Waals surface area contributed by atoms with E-state index in [2.05, 4.69) is 40.7 Å². The van der Waals surface area contributed by atoms with Crippen LogP contribution in [0.1, 0.15) is 65.6 Å². The van der Waals surface area contributed by atoms with Crippen LogP contribution in [0.15, 0.2) is 30.5 Å². The van der Waals surface area contributed by atoms with Gasteiger partial charge in [-0.05, 0) is 41.4 Å². The van der Waals surface area contributed by atoms with Gasteiger partial charge in [0.15, 0.2) is 6.04 Å². The van der Waals surface area contributed by atoms with Crippen molar-refractivity contribution in [2.45, 2.75) is 72.0 Å². The van der Waals surface area contributed by atoms with Crippen LogP contribution in [-0.4, -0.2) is 64.7 Å². The quantitative estimate of drug-likeness (QED) is 0.531. The standard InChI is InChI=1S/C31H40N6O4/c1-30(2,3)27(35-23(38)14-18-10-12-41-13-11-18)29(40)37-17-21-24(31(21,4)5)26(37)28(39)34-22(15-32)25-20-9-7-6-8-19(20)16-33-36-25/h6-9,16,18,21-22,24,26-27H,10-14,17H2,1-5H3,(H,34,39)(H,35,38)/t21-,22?,24-,26-,27?/m0/s1. The van der Waals surface area contributed by atoms with Gasteiger partial charge in [0.1, 0.15) is 17.8 Å². The van der Waals surface area contributed by atoms with E-state index in [9.17, 15) is 19.6 Å². The normalized spacial score (nSPS) is 25.1. The molecule has 10 nitrogen and oxygen atoms in total. The van der Waals surface area contributed by atoms with Crippen LogP contribution in [0.4, 0.5) is 0 Å². The molecule has 5 rings (SSSR count). The van der Waals surface area contributed by atoms with E-state index in [1.54, 1.807) is 11.1 Å². The maximum absolute atomic E-state index is 14.1. The van der Waals surface area contributed by atoms with E-state index < -0.39 is 23.5 Å². The minimum atomic E-state index is -1.03. The van der Waals surface area contributed by atoms with E-state index in [0.29, 0.717) is 31.9 Å². The predicted octanol–water partition coefficient (Wildman–Crippen LogP) is 3.14. The van der Waals surface area contributed by atoms with Gasteiger partial charge >= 0.3 is 0 Å². The summed E-state index contributed by atoms with van der Waals surface area (Å²) >= 11 is 0. The molecule has 1 aromatic heterocycles. The van der Waals surface area contributed by atoms with Gasteiger partial charge in [0.05, 0.1) is 12.3 Å². The number of aromatic nitrogens is 2. The number of nitrogens with one attached hydrogen (secondary N) is 2. The zero-order valence-corrected chi connectivity index (χ0v) is 24.5. The Kier molecular flexibility index (Phi) is 7.77. The molecule has 3 amide bonds. The number of piperidine rings is 1. The summed E-state index contributed by atoms with van der Waals surface area (Å²) in [5.74, 6) is -0.451. The van der Waals surface area contributed by atoms with Crippen molar-refractivity contribution in [3.8, 4) is 6.07 Å². The van der Waals surface area contributed by atoms with Crippen LogP contribution in [0.5, 0.6) is 0 Å². The van der Waals surface area contributed by atoms with Gasteiger partial charge in [-0.1, -0.05) is 58.9 Å². The summed E-state index contributed by atoms with van der Waals surface area (Å²) in [5.41, 5.74) is -0.308. The lowest BCUT2D eigenvalue weighted by atomic mass is 9.84. The highest BCUT2D eigenvalue weighted by atomic mass is 16.5. The second-order valence-corrected chi connectivity index (χ2v) is 13.4. The van der Waals surface area contributed by atoms with Gasteiger partial charge in [-0.15, -0.1) is 0 Å². The van der Waals surface area contributed by atoms with Crippen LogP contribution >= 0.6 is 0 Å². The first-order chi connectivity index (χ1) is 19.4. The van der Waals surface area contributed by atoms with Gasteiger partial charge in [-0.3, -0.25) is 14.4 Å². The molecule has 3 heterocycles. The van der Waals surface area contributed by atoms with E-state index in [1.165, 1.54) is 0 Å². The minimum absolute atomic E-state index is 0.0389. The summed E-state index contributed by atoms with van der Waals surface area (Å²) < 4.78 is 5.41. The van der Waals surface area contributed by atoms with Crippen molar-refractivity contribution >= 4 is 28.5 Å². The first-order valence-electron chi connectivity index (χ1n) is 14.5. The molecule has 218 valence electrons. The fraction of sp³-hybridized carbons (Fsp3) is 0.613. The number of carbonyl (C=O) groups excluding carboxylic acids is 3. The van der Waals surface area contributed by atoms with Crippen molar-refractivity contribution in [3.05, 3.63) is 36.2 Å².